The second-order valence-corrected chi connectivity index (χ2v) is 6.03. The van der Waals surface area contributed by atoms with Crippen molar-refractivity contribution in [3.8, 4) is 0 Å². The maximum Gasteiger partial charge on any atom is 0.229 e. The van der Waals surface area contributed by atoms with Gasteiger partial charge in [-0.1, -0.05) is 25.7 Å². The van der Waals surface area contributed by atoms with E-state index in [-0.39, 0.29) is 5.41 Å². The van der Waals surface area contributed by atoms with Gasteiger partial charge in [0.25, 0.3) is 0 Å². The van der Waals surface area contributed by atoms with E-state index in [4.69, 9.17) is 5.73 Å². The quantitative estimate of drug-likeness (QED) is 0.815. The molecule has 0 atom stereocenters. The minimum absolute atomic E-state index is 0.215. The van der Waals surface area contributed by atoms with Crippen LogP contribution in [-0.4, -0.2) is 30.9 Å². The van der Waals surface area contributed by atoms with E-state index >= 15 is 0 Å². The highest BCUT2D eigenvalue weighted by atomic mass is 16.2. The molecule has 2 saturated carbocycles. The lowest BCUT2D eigenvalue weighted by Gasteiger charge is -2.32. The van der Waals surface area contributed by atoms with Gasteiger partial charge in [0.2, 0.25) is 5.91 Å². The molecule has 2 fully saturated rings. The van der Waals surface area contributed by atoms with Crippen LogP contribution >= 0.6 is 0 Å². The maximum atomic E-state index is 12.5. The van der Waals surface area contributed by atoms with Gasteiger partial charge in [0, 0.05) is 20.1 Å². The molecule has 0 aromatic rings. The van der Waals surface area contributed by atoms with Crippen LogP contribution < -0.4 is 5.73 Å². The normalized spacial score (nSPS) is 24.1. The summed E-state index contributed by atoms with van der Waals surface area (Å²) in [6.07, 6.45) is 9.61. The van der Waals surface area contributed by atoms with Gasteiger partial charge in [0.15, 0.2) is 0 Å². The average molecular weight is 238 g/mol. The zero-order chi connectivity index (χ0) is 12.3. The summed E-state index contributed by atoms with van der Waals surface area (Å²) in [4.78, 5) is 14.5. The van der Waals surface area contributed by atoms with E-state index in [1.165, 1.54) is 38.5 Å². The Bertz CT molecular complexity index is 265. The van der Waals surface area contributed by atoms with Gasteiger partial charge in [0.1, 0.15) is 0 Å². The van der Waals surface area contributed by atoms with Crippen LogP contribution in [0.3, 0.4) is 0 Å². The molecule has 0 aliphatic heterocycles. The molecule has 3 heteroatoms. The number of hydrogen-bond acceptors (Lipinski definition) is 2. The number of nitrogens with two attached hydrogens (primary N) is 1. The van der Waals surface area contributed by atoms with Gasteiger partial charge in [-0.05, 0) is 31.6 Å². The van der Waals surface area contributed by atoms with Crippen molar-refractivity contribution in [1.29, 1.82) is 0 Å². The number of hydrogen-bond donors (Lipinski definition) is 1. The second kappa shape index (κ2) is 5.38. The van der Waals surface area contributed by atoms with Crippen LogP contribution in [0.1, 0.15) is 51.4 Å². The van der Waals surface area contributed by atoms with E-state index < -0.39 is 0 Å². The van der Waals surface area contributed by atoms with Crippen LogP contribution in [0.4, 0.5) is 0 Å². The van der Waals surface area contributed by atoms with Gasteiger partial charge in [0.05, 0.1) is 5.41 Å². The molecule has 2 rings (SSSR count). The summed E-state index contributed by atoms with van der Waals surface area (Å²) in [5.41, 5.74) is 5.65. The molecule has 1 amide bonds. The van der Waals surface area contributed by atoms with Gasteiger partial charge < -0.3 is 10.6 Å². The predicted molar refractivity (Wildman–Crippen MR) is 69.6 cm³/mol. The summed E-state index contributed by atoms with van der Waals surface area (Å²) in [5, 5.41) is 0. The molecule has 3 nitrogen and oxygen atoms in total. The lowest BCUT2D eigenvalue weighted by atomic mass is 9.84. The molecule has 17 heavy (non-hydrogen) atoms. The zero-order valence-corrected chi connectivity index (χ0v) is 11.1. The van der Waals surface area contributed by atoms with Crippen molar-refractivity contribution in [3.05, 3.63) is 0 Å². The minimum Gasteiger partial charge on any atom is -0.345 e. The molecule has 0 spiro atoms. The average Bonchev–Trinajstić information content (AvgIpc) is 2.99. The van der Waals surface area contributed by atoms with Crippen molar-refractivity contribution >= 4 is 5.91 Å². The van der Waals surface area contributed by atoms with Crippen molar-refractivity contribution in [2.75, 3.05) is 20.1 Å². The lowest BCUT2D eigenvalue weighted by molar-refractivity contribution is -0.140. The van der Waals surface area contributed by atoms with Gasteiger partial charge in [-0.25, -0.2) is 0 Å². The standard InChI is InChI=1S/C14H26N2O/c1-16(10-12-6-2-3-7-12)13(17)14(11-15)8-4-5-9-14/h12H,2-11,15H2,1H3. The maximum absolute atomic E-state index is 12.5. The van der Waals surface area contributed by atoms with E-state index in [9.17, 15) is 4.79 Å². The van der Waals surface area contributed by atoms with Crippen molar-refractivity contribution < 1.29 is 4.79 Å². The van der Waals surface area contributed by atoms with Crippen LogP contribution in [-0.2, 0) is 4.79 Å². The van der Waals surface area contributed by atoms with Crippen molar-refractivity contribution in [2.24, 2.45) is 17.1 Å². The molecule has 0 aromatic carbocycles. The predicted octanol–water partition coefficient (Wildman–Crippen LogP) is 2.15. The topological polar surface area (TPSA) is 46.3 Å². The van der Waals surface area contributed by atoms with Gasteiger partial charge in [-0.15, -0.1) is 0 Å². The lowest BCUT2D eigenvalue weighted by Crippen LogP contribution is -2.46. The largest absolute Gasteiger partial charge is 0.345 e. The fourth-order valence-corrected chi connectivity index (χ4v) is 3.63. The van der Waals surface area contributed by atoms with Crippen LogP contribution in [0.5, 0.6) is 0 Å². The smallest absolute Gasteiger partial charge is 0.229 e. The molecular weight excluding hydrogens is 212 g/mol. The molecule has 0 radical (unpaired) electrons. The summed E-state index contributed by atoms with van der Waals surface area (Å²) < 4.78 is 0. The highest BCUT2D eigenvalue weighted by Gasteiger charge is 2.41. The molecule has 2 aliphatic carbocycles. The highest BCUT2D eigenvalue weighted by Crippen LogP contribution is 2.39. The SMILES string of the molecule is CN(CC1CCCC1)C(=O)C1(CN)CCCC1. The number of amides is 1. The first kappa shape index (κ1) is 12.9. The Balaban J connectivity index is 1.93. The van der Waals surface area contributed by atoms with Crippen LogP contribution in [0.15, 0.2) is 0 Å². The first-order valence-corrected chi connectivity index (χ1v) is 7.13. The third-order valence-electron chi connectivity index (χ3n) is 4.76. The molecule has 2 aliphatic rings. The fraction of sp³-hybridized carbons (Fsp3) is 0.929. The van der Waals surface area contributed by atoms with Crippen LogP contribution in [0.25, 0.3) is 0 Å². The van der Waals surface area contributed by atoms with Crippen molar-refractivity contribution in [2.45, 2.75) is 51.4 Å². The molecule has 98 valence electrons. The van der Waals surface area contributed by atoms with Gasteiger partial charge >= 0.3 is 0 Å². The molecule has 2 N–H and O–H groups in total. The van der Waals surface area contributed by atoms with E-state index in [0.717, 1.165) is 25.3 Å². The molecule has 0 bridgehead atoms. The molecule has 0 heterocycles. The van der Waals surface area contributed by atoms with E-state index in [1.54, 1.807) is 0 Å². The second-order valence-electron chi connectivity index (χ2n) is 6.03. The highest BCUT2D eigenvalue weighted by molar-refractivity contribution is 5.83. The number of rotatable bonds is 4. The fourth-order valence-electron chi connectivity index (χ4n) is 3.63. The Morgan fingerprint density at radius 1 is 1.24 bits per heavy atom. The Hall–Kier alpha value is -0.570. The van der Waals surface area contributed by atoms with Crippen LogP contribution in [0, 0.1) is 11.3 Å². The third kappa shape index (κ3) is 2.65. The van der Waals surface area contributed by atoms with Crippen molar-refractivity contribution in [3.63, 3.8) is 0 Å². The van der Waals surface area contributed by atoms with Crippen LogP contribution in [0.2, 0.25) is 0 Å². The van der Waals surface area contributed by atoms with Crippen molar-refractivity contribution in [1.82, 2.24) is 4.90 Å². The van der Waals surface area contributed by atoms with Gasteiger partial charge in [-0.3, -0.25) is 4.79 Å². The summed E-state index contributed by atoms with van der Waals surface area (Å²) in [6.45, 7) is 1.47. The third-order valence-corrected chi connectivity index (χ3v) is 4.76. The summed E-state index contributed by atoms with van der Waals surface area (Å²) in [7, 11) is 1.97. The van der Waals surface area contributed by atoms with E-state index in [1.807, 2.05) is 11.9 Å². The zero-order valence-electron chi connectivity index (χ0n) is 11.1. The Labute approximate surface area is 105 Å². The number of carbonyl (C=O) groups excluding carboxylic acids is 1. The molecular formula is C14H26N2O. The monoisotopic (exact) mass is 238 g/mol. The number of nitrogens with zero attached hydrogens (tertiary/aromatic N) is 1. The Morgan fingerprint density at radius 2 is 1.82 bits per heavy atom. The Kier molecular flexibility index (Phi) is 4.08. The minimum atomic E-state index is -0.215. The van der Waals surface area contributed by atoms with Gasteiger partial charge in [-0.2, -0.15) is 0 Å². The first-order valence-electron chi connectivity index (χ1n) is 7.13. The molecule has 0 unspecified atom stereocenters. The summed E-state index contributed by atoms with van der Waals surface area (Å²) in [5.74, 6) is 1.05. The molecule has 0 saturated heterocycles. The van der Waals surface area contributed by atoms with E-state index in [2.05, 4.69) is 0 Å². The number of carbonyl (C=O) groups is 1. The summed E-state index contributed by atoms with van der Waals surface area (Å²) >= 11 is 0. The Morgan fingerprint density at radius 3 is 2.35 bits per heavy atom. The first-order chi connectivity index (χ1) is 8.18. The molecule has 0 aromatic heterocycles. The van der Waals surface area contributed by atoms with E-state index in [0.29, 0.717) is 12.5 Å². The summed E-state index contributed by atoms with van der Waals surface area (Å²) in [6, 6.07) is 0.